The Morgan fingerprint density at radius 1 is 1.14 bits per heavy atom. The summed E-state index contributed by atoms with van der Waals surface area (Å²) in [5.41, 5.74) is 2.36. The number of carbonyl (C=O) groups excluding carboxylic acids is 2. The van der Waals surface area contributed by atoms with Gasteiger partial charge in [0.1, 0.15) is 16.3 Å². The Hall–Kier alpha value is -3.04. The van der Waals surface area contributed by atoms with Gasteiger partial charge in [-0.25, -0.2) is 4.98 Å². The topological polar surface area (TPSA) is 89.5 Å². The second-order valence-corrected chi connectivity index (χ2v) is 11.5. The number of amides is 2. The number of thiazole rings is 1. The van der Waals surface area contributed by atoms with E-state index < -0.39 is 0 Å². The lowest BCUT2D eigenvalue weighted by Gasteiger charge is -2.18. The van der Waals surface area contributed by atoms with Crippen LogP contribution in [0.1, 0.15) is 32.3 Å². The zero-order valence-corrected chi connectivity index (χ0v) is 21.3. The fourth-order valence-electron chi connectivity index (χ4n) is 3.87. The lowest BCUT2D eigenvalue weighted by molar-refractivity contribution is -0.119. The second kappa shape index (κ2) is 9.91. The van der Waals surface area contributed by atoms with E-state index in [2.05, 4.69) is 10.6 Å². The predicted molar refractivity (Wildman–Crippen MR) is 138 cm³/mol. The first-order valence-electron chi connectivity index (χ1n) is 11.6. The van der Waals surface area contributed by atoms with E-state index in [1.807, 2.05) is 62.4 Å². The van der Waals surface area contributed by atoms with Crippen molar-refractivity contribution in [2.24, 2.45) is 0 Å². The first-order valence-corrected chi connectivity index (χ1v) is 13.4. The van der Waals surface area contributed by atoms with Crippen molar-refractivity contribution in [1.29, 1.82) is 0 Å². The maximum Gasteiger partial charge on any atom is 0.262 e. The molecule has 7 nitrogen and oxygen atoms in total. The van der Waals surface area contributed by atoms with Crippen LogP contribution in [-0.4, -0.2) is 40.8 Å². The van der Waals surface area contributed by atoms with E-state index in [9.17, 15) is 9.59 Å². The largest absolute Gasteiger partial charge is 0.483 e. The molecule has 0 atom stereocenters. The number of nitrogens with one attached hydrogen (secondary N) is 2. The summed E-state index contributed by atoms with van der Waals surface area (Å²) in [5.74, 6) is 1.28. The SMILES string of the molecule is CC1(C)Cc2cccc(OCC(=O)Nc3sc(SCC(=O)NC4CC4)nc3-c3ccccc3)c2O1. The summed E-state index contributed by atoms with van der Waals surface area (Å²) < 4.78 is 12.6. The van der Waals surface area contributed by atoms with Crippen molar-refractivity contribution in [3.63, 3.8) is 0 Å². The molecule has 0 bridgehead atoms. The molecule has 0 radical (unpaired) electrons. The van der Waals surface area contributed by atoms with Gasteiger partial charge in [0.2, 0.25) is 5.91 Å². The molecule has 0 unspecified atom stereocenters. The lowest BCUT2D eigenvalue weighted by atomic mass is 10.0. The number of para-hydroxylation sites is 1. The maximum absolute atomic E-state index is 12.8. The van der Waals surface area contributed by atoms with Gasteiger partial charge in [-0.15, -0.1) is 0 Å². The molecule has 0 spiro atoms. The van der Waals surface area contributed by atoms with Gasteiger partial charge < -0.3 is 20.1 Å². The molecule has 5 rings (SSSR count). The summed E-state index contributed by atoms with van der Waals surface area (Å²) in [4.78, 5) is 29.6. The first kappa shape index (κ1) is 23.7. The highest BCUT2D eigenvalue weighted by atomic mass is 32.2. The summed E-state index contributed by atoms with van der Waals surface area (Å²) in [6.07, 6.45) is 2.91. The molecule has 9 heteroatoms. The van der Waals surface area contributed by atoms with Crippen molar-refractivity contribution in [3.8, 4) is 22.8 Å². The van der Waals surface area contributed by atoms with Gasteiger partial charge in [-0.3, -0.25) is 9.59 Å². The van der Waals surface area contributed by atoms with Crippen LogP contribution in [0.4, 0.5) is 5.00 Å². The zero-order chi connectivity index (χ0) is 24.4. The monoisotopic (exact) mass is 509 g/mol. The Labute approximate surface area is 212 Å². The number of hydrogen-bond donors (Lipinski definition) is 2. The van der Waals surface area contributed by atoms with E-state index in [0.717, 1.165) is 34.7 Å². The lowest BCUT2D eigenvalue weighted by Crippen LogP contribution is -2.26. The Balaban J connectivity index is 1.26. The predicted octanol–water partition coefficient (Wildman–Crippen LogP) is 4.91. The molecule has 1 saturated carbocycles. The van der Waals surface area contributed by atoms with Gasteiger partial charge in [-0.2, -0.15) is 0 Å². The summed E-state index contributed by atoms with van der Waals surface area (Å²) in [5, 5.41) is 6.57. The van der Waals surface area contributed by atoms with Gasteiger partial charge in [-0.1, -0.05) is 65.6 Å². The van der Waals surface area contributed by atoms with Crippen LogP contribution in [0.15, 0.2) is 52.9 Å². The Bertz CT molecular complexity index is 1240. The molecule has 1 aliphatic heterocycles. The van der Waals surface area contributed by atoms with Crippen LogP contribution < -0.4 is 20.1 Å². The number of thioether (sulfide) groups is 1. The summed E-state index contributed by atoms with van der Waals surface area (Å²) in [6, 6.07) is 15.8. The van der Waals surface area contributed by atoms with E-state index in [4.69, 9.17) is 14.5 Å². The van der Waals surface area contributed by atoms with E-state index >= 15 is 0 Å². The second-order valence-electron chi connectivity index (χ2n) is 9.27. The van der Waals surface area contributed by atoms with Crippen LogP contribution in [0, 0.1) is 0 Å². The van der Waals surface area contributed by atoms with Gasteiger partial charge in [0.05, 0.1) is 5.75 Å². The van der Waals surface area contributed by atoms with E-state index in [0.29, 0.717) is 34.0 Å². The number of benzene rings is 2. The van der Waals surface area contributed by atoms with Gasteiger partial charge in [-0.05, 0) is 32.8 Å². The molecule has 2 heterocycles. The molecule has 2 aliphatic rings. The minimum atomic E-state index is -0.291. The van der Waals surface area contributed by atoms with Crippen LogP contribution in [0.5, 0.6) is 11.5 Å². The normalized spacial score (nSPS) is 15.7. The third-order valence-electron chi connectivity index (χ3n) is 5.59. The minimum absolute atomic E-state index is 0.00809. The summed E-state index contributed by atoms with van der Waals surface area (Å²) in [6.45, 7) is 3.91. The van der Waals surface area contributed by atoms with Gasteiger partial charge in [0.15, 0.2) is 22.4 Å². The highest BCUT2D eigenvalue weighted by Crippen LogP contribution is 2.42. The van der Waals surface area contributed by atoms with Crippen molar-refractivity contribution >= 4 is 39.9 Å². The van der Waals surface area contributed by atoms with Crippen molar-refractivity contribution in [1.82, 2.24) is 10.3 Å². The number of nitrogens with zero attached hydrogens (tertiary/aromatic N) is 1. The number of aromatic nitrogens is 1. The van der Waals surface area contributed by atoms with Crippen molar-refractivity contribution in [2.45, 2.75) is 49.1 Å². The average molecular weight is 510 g/mol. The van der Waals surface area contributed by atoms with Crippen LogP contribution in [0.3, 0.4) is 0 Å². The summed E-state index contributed by atoms with van der Waals surface area (Å²) >= 11 is 2.74. The molecular formula is C26H27N3O4S2. The van der Waals surface area contributed by atoms with Crippen LogP contribution in [0.25, 0.3) is 11.3 Å². The number of rotatable bonds is 9. The minimum Gasteiger partial charge on any atom is -0.483 e. The van der Waals surface area contributed by atoms with Crippen molar-refractivity contribution in [3.05, 3.63) is 54.1 Å². The van der Waals surface area contributed by atoms with Gasteiger partial charge >= 0.3 is 0 Å². The highest BCUT2D eigenvalue weighted by Gasteiger charge is 2.32. The average Bonchev–Trinajstić information content (AvgIpc) is 3.45. The molecule has 35 heavy (non-hydrogen) atoms. The Morgan fingerprint density at radius 2 is 1.94 bits per heavy atom. The first-order chi connectivity index (χ1) is 16.9. The standard InChI is InChI=1S/C26H27N3O4S2/c1-26(2)13-17-9-6-10-19(23(17)33-26)32-14-20(30)28-24-22(16-7-4-3-5-8-16)29-25(35-24)34-15-21(31)27-18-11-12-18/h3-10,18H,11-15H2,1-2H3,(H,27,31)(H,28,30). The third kappa shape index (κ3) is 5.97. The molecule has 0 saturated heterocycles. The number of hydrogen-bond acceptors (Lipinski definition) is 7. The molecule has 3 aromatic rings. The smallest absolute Gasteiger partial charge is 0.262 e. The molecule has 2 aromatic carbocycles. The molecule has 1 aromatic heterocycles. The van der Waals surface area contributed by atoms with Gasteiger partial charge in [0, 0.05) is 23.6 Å². The van der Waals surface area contributed by atoms with E-state index in [1.165, 1.54) is 23.1 Å². The maximum atomic E-state index is 12.8. The molecule has 1 aliphatic carbocycles. The number of fused-ring (bicyclic) bond motifs is 1. The van der Waals surface area contributed by atoms with Crippen molar-refractivity contribution in [2.75, 3.05) is 17.7 Å². The van der Waals surface area contributed by atoms with E-state index in [1.54, 1.807) is 0 Å². The number of carbonyl (C=O) groups is 2. The third-order valence-corrected chi connectivity index (χ3v) is 7.70. The van der Waals surface area contributed by atoms with Crippen LogP contribution in [0.2, 0.25) is 0 Å². The highest BCUT2D eigenvalue weighted by molar-refractivity contribution is 8.01. The number of ether oxygens (including phenoxy) is 2. The fourth-order valence-corrected chi connectivity index (χ4v) is 5.76. The van der Waals surface area contributed by atoms with Crippen LogP contribution in [-0.2, 0) is 16.0 Å². The van der Waals surface area contributed by atoms with Crippen LogP contribution >= 0.6 is 23.1 Å². The summed E-state index contributed by atoms with van der Waals surface area (Å²) in [7, 11) is 0. The Morgan fingerprint density at radius 3 is 2.71 bits per heavy atom. The molecular weight excluding hydrogens is 482 g/mol. The van der Waals surface area contributed by atoms with Gasteiger partial charge in [0.25, 0.3) is 5.91 Å². The molecule has 1 fully saturated rings. The van der Waals surface area contributed by atoms with E-state index in [-0.39, 0.29) is 24.0 Å². The quantitative estimate of drug-likeness (QED) is 0.399. The number of anilines is 1. The fraction of sp³-hybridized carbons (Fsp3) is 0.346. The molecule has 182 valence electrons. The molecule has 2 N–H and O–H groups in total. The van der Waals surface area contributed by atoms with Crippen molar-refractivity contribution < 1.29 is 19.1 Å². The Kier molecular flexibility index (Phi) is 6.71. The zero-order valence-electron chi connectivity index (χ0n) is 19.6. The molecule has 2 amide bonds.